The van der Waals surface area contributed by atoms with Crippen molar-refractivity contribution in [2.75, 3.05) is 39.2 Å². The predicted molar refractivity (Wildman–Crippen MR) is 88.3 cm³/mol. The largest absolute Gasteiger partial charge is 0.481 e. The summed E-state index contributed by atoms with van der Waals surface area (Å²) in [6, 6.07) is 5.10. The van der Waals surface area contributed by atoms with Gasteiger partial charge in [-0.2, -0.15) is 0 Å². The average molecular weight is 371 g/mol. The Morgan fingerprint density at radius 2 is 2.00 bits per heavy atom. The topological polar surface area (TPSA) is 110 Å². The van der Waals surface area contributed by atoms with Gasteiger partial charge in [0.25, 0.3) is 5.91 Å². The van der Waals surface area contributed by atoms with Crippen LogP contribution >= 0.6 is 0 Å². The second-order valence-corrected chi connectivity index (χ2v) is 7.77. The van der Waals surface area contributed by atoms with Gasteiger partial charge in [-0.05, 0) is 24.3 Å². The minimum absolute atomic E-state index is 0.0909. The molecule has 0 radical (unpaired) electrons. The number of benzene rings is 1. The van der Waals surface area contributed by atoms with Crippen LogP contribution in [0.25, 0.3) is 0 Å². The maximum absolute atomic E-state index is 12.6. The summed E-state index contributed by atoms with van der Waals surface area (Å²) in [5.74, 6) is -1.48. The Kier molecular flexibility index (Phi) is 6.51. The van der Waals surface area contributed by atoms with E-state index >= 15 is 0 Å². The molecule has 0 aromatic heterocycles. The molecule has 1 unspecified atom stereocenters. The maximum Gasteiger partial charge on any atom is 0.305 e. The number of carboxylic acids is 1. The fourth-order valence-electron chi connectivity index (χ4n) is 2.57. The first kappa shape index (κ1) is 19.4. The van der Waals surface area contributed by atoms with Gasteiger partial charge in [0.2, 0.25) is 0 Å². The molecule has 25 heavy (non-hydrogen) atoms. The van der Waals surface area contributed by atoms with Gasteiger partial charge in [0, 0.05) is 19.2 Å². The molecule has 1 amide bonds. The number of morpholine rings is 1. The van der Waals surface area contributed by atoms with Gasteiger partial charge < -0.3 is 19.5 Å². The van der Waals surface area contributed by atoms with E-state index in [-0.39, 0.29) is 36.2 Å². The number of hydrogen-bond donors (Lipinski definition) is 1. The van der Waals surface area contributed by atoms with Crippen LogP contribution in [0.15, 0.2) is 29.2 Å². The molecule has 1 atom stereocenters. The van der Waals surface area contributed by atoms with Crippen LogP contribution in [0.3, 0.4) is 0 Å². The number of methoxy groups -OCH3 is 1. The summed E-state index contributed by atoms with van der Waals surface area (Å²) in [6.45, 7) is 0.894. The van der Waals surface area contributed by atoms with Gasteiger partial charge in [-0.1, -0.05) is 0 Å². The standard InChI is InChI=1S/C16H21NO7S/c1-23-8-9-25(21,22)14-4-2-12(3-5-14)16(20)17-6-7-24-11-13(17)10-15(18)19/h2-5,13H,6-11H2,1H3,(H,18,19). The monoisotopic (exact) mass is 371 g/mol. The van der Waals surface area contributed by atoms with Gasteiger partial charge in [0.15, 0.2) is 9.84 Å². The van der Waals surface area contributed by atoms with Crippen molar-refractivity contribution in [3.63, 3.8) is 0 Å². The van der Waals surface area contributed by atoms with Gasteiger partial charge in [-0.3, -0.25) is 9.59 Å². The van der Waals surface area contributed by atoms with Crippen molar-refractivity contribution in [3.05, 3.63) is 29.8 Å². The van der Waals surface area contributed by atoms with E-state index in [4.69, 9.17) is 14.6 Å². The van der Waals surface area contributed by atoms with Crippen molar-refractivity contribution < 1.29 is 32.6 Å². The quantitative estimate of drug-likeness (QED) is 0.740. The van der Waals surface area contributed by atoms with Crippen LogP contribution in [0.1, 0.15) is 16.8 Å². The molecule has 138 valence electrons. The summed E-state index contributed by atoms with van der Waals surface area (Å²) in [4.78, 5) is 25.2. The number of carbonyl (C=O) groups is 2. The van der Waals surface area contributed by atoms with Crippen molar-refractivity contribution >= 4 is 21.7 Å². The molecule has 0 bridgehead atoms. The SMILES string of the molecule is COCCS(=O)(=O)c1ccc(C(=O)N2CCOCC2CC(=O)O)cc1. The highest BCUT2D eigenvalue weighted by Crippen LogP contribution is 2.18. The zero-order valence-electron chi connectivity index (χ0n) is 13.9. The van der Waals surface area contributed by atoms with Crippen LogP contribution in [-0.2, 0) is 24.1 Å². The number of aliphatic carboxylic acids is 1. The Hall–Kier alpha value is -1.97. The number of amides is 1. The van der Waals surface area contributed by atoms with Crippen molar-refractivity contribution in [3.8, 4) is 0 Å². The lowest BCUT2D eigenvalue weighted by Crippen LogP contribution is -2.49. The van der Waals surface area contributed by atoms with Crippen molar-refractivity contribution in [2.24, 2.45) is 0 Å². The van der Waals surface area contributed by atoms with Crippen molar-refractivity contribution in [2.45, 2.75) is 17.4 Å². The summed E-state index contributed by atoms with van der Waals surface area (Å²) in [7, 11) is -2.04. The van der Waals surface area contributed by atoms with Gasteiger partial charge in [-0.25, -0.2) is 8.42 Å². The van der Waals surface area contributed by atoms with E-state index in [1.165, 1.54) is 36.3 Å². The Morgan fingerprint density at radius 1 is 1.32 bits per heavy atom. The van der Waals surface area contributed by atoms with Crippen LogP contribution in [0.5, 0.6) is 0 Å². The Balaban J connectivity index is 2.15. The molecule has 9 heteroatoms. The molecule has 1 aromatic rings. The van der Waals surface area contributed by atoms with Crippen LogP contribution in [0.4, 0.5) is 0 Å². The third-order valence-electron chi connectivity index (χ3n) is 3.92. The summed E-state index contributed by atoms with van der Waals surface area (Å²) in [5, 5.41) is 8.96. The normalized spacial score (nSPS) is 18.1. The highest BCUT2D eigenvalue weighted by atomic mass is 32.2. The van der Waals surface area contributed by atoms with E-state index in [2.05, 4.69) is 0 Å². The third kappa shape index (κ3) is 5.00. The van der Waals surface area contributed by atoms with Gasteiger partial charge in [0.1, 0.15) is 0 Å². The van der Waals surface area contributed by atoms with E-state index in [0.717, 1.165) is 0 Å². The first-order valence-electron chi connectivity index (χ1n) is 7.77. The van der Waals surface area contributed by atoms with Gasteiger partial charge in [0.05, 0.1) is 42.9 Å². The molecule has 1 N–H and O–H groups in total. The number of carboxylic acid groups (broad SMARTS) is 1. The van der Waals surface area contributed by atoms with E-state index in [1.54, 1.807) is 0 Å². The molecular weight excluding hydrogens is 350 g/mol. The fraction of sp³-hybridized carbons (Fsp3) is 0.500. The molecule has 2 rings (SSSR count). The third-order valence-corrected chi connectivity index (χ3v) is 5.61. The van der Waals surface area contributed by atoms with E-state index in [1.807, 2.05) is 0 Å². The number of carbonyl (C=O) groups excluding carboxylic acids is 1. The molecule has 0 spiro atoms. The molecule has 1 saturated heterocycles. The second-order valence-electron chi connectivity index (χ2n) is 5.66. The molecule has 0 aliphatic carbocycles. The van der Waals surface area contributed by atoms with Crippen molar-refractivity contribution in [1.29, 1.82) is 0 Å². The van der Waals surface area contributed by atoms with Gasteiger partial charge in [-0.15, -0.1) is 0 Å². The molecule has 1 aromatic carbocycles. The zero-order chi connectivity index (χ0) is 18.4. The second kappa shape index (κ2) is 8.41. The highest BCUT2D eigenvalue weighted by molar-refractivity contribution is 7.91. The Labute approximate surface area is 146 Å². The van der Waals surface area contributed by atoms with Gasteiger partial charge >= 0.3 is 5.97 Å². The molecular formula is C16H21NO7S. The van der Waals surface area contributed by atoms with E-state index in [9.17, 15) is 18.0 Å². The predicted octanol–water partition coefficient (Wildman–Crippen LogP) is 0.422. The summed E-state index contributed by atoms with van der Waals surface area (Å²) >= 11 is 0. The number of rotatable bonds is 7. The first-order valence-corrected chi connectivity index (χ1v) is 9.42. The fourth-order valence-corrected chi connectivity index (χ4v) is 3.75. The number of sulfone groups is 1. The lowest BCUT2D eigenvalue weighted by molar-refractivity contribution is -0.139. The Morgan fingerprint density at radius 3 is 2.60 bits per heavy atom. The molecule has 8 nitrogen and oxygen atoms in total. The smallest absolute Gasteiger partial charge is 0.305 e. The van der Waals surface area contributed by atoms with Crippen LogP contribution in [0, 0.1) is 0 Å². The lowest BCUT2D eigenvalue weighted by Gasteiger charge is -2.34. The summed E-state index contributed by atoms with van der Waals surface area (Å²) in [5.41, 5.74) is 0.308. The number of nitrogens with zero attached hydrogens (tertiary/aromatic N) is 1. The minimum Gasteiger partial charge on any atom is -0.481 e. The maximum atomic E-state index is 12.6. The summed E-state index contributed by atoms with van der Waals surface area (Å²) in [6.07, 6.45) is -0.199. The van der Waals surface area contributed by atoms with E-state index < -0.39 is 21.8 Å². The lowest BCUT2D eigenvalue weighted by atomic mass is 10.1. The average Bonchev–Trinajstić information content (AvgIpc) is 2.59. The molecule has 1 aliphatic heterocycles. The van der Waals surface area contributed by atoms with E-state index in [0.29, 0.717) is 18.7 Å². The molecule has 1 aliphatic rings. The molecule has 0 saturated carbocycles. The Bertz CT molecular complexity index is 715. The van der Waals surface area contributed by atoms with Crippen molar-refractivity contribution in [1.82, 2.24) is 4.90 Å². The first-order chi connectivity index (χ1) is 11.8. The zero-order valence-corrected chi connectivity index (χ0v) is 14.7. The molecule has 1 heterocycles. The highest BCUT2D eigenvalue weighted by Gasteiger charge is 2.30. The summed E-state index contributed by atoms with van der Waals surface area (Å²) < 4.78 is 34.2. The minimum atomic E-state index is -3.46. The number of hydrogen-bond acceptors (Lipinski definition) is 6. The van der Waals surface area contributed by atoms with Crippen LogP contribution in [0.2, 0.25) is 0 Å². The number of ether oxygens (including phenoxy) is 2. The molecule has 1 fully saturated rings. The van der Waals surface area contributed by atoms with Crippen LogP contribution in [-0.4, -0.2) is 75.6 Å². The van der Waals surface area contributed by atoms with Crippen LogP contribution < -0.4 is 0 Å².